The van der Waals surface area contributed by atoms with Gasteiger partial charge in [0.25, 0.3) is 11.7 Å². The molecule has 1 fully saturated rings. The molecule has 2 aromatic rings. The van der Waals surface area contributed by atoms with Crippen molar-refractivity contribution in [3.05, 3.63) is 58.7 Å². The number of ether oxygens (including phenoxy) is 3. The molecule has 200 valence electrons. The van der Waals surface area contributed by atoms with Crippen molar-refractivity contribution in [2.75, 3.05) is 48.0 Å². The Morgan fingerprint density at radius 3 is 2.35 bits per heavy atom. The Kier molecular flexibility index (Phi) is 9.21. The highest BCUT2D eigenvalue weighted by Gasteiger charge is 2.46. The summed E-state index contributed by atoms with van der Waals surface area (Å²) in [5.41, 5.74) is 1.93. The second-order valence-corrected chi connectivity index (χ2v) is 9.95. The zero-order valence-electron chi connectivity index (χ0n) is 22.8. The lowest BCUT2D eigenvalue weighted by atomic mass is 9.93. The van der Waals surface area contributed by atoms with Crippen molar-refractivity contribution < 1.29 is 28.9 Å². The molecule has 0 aromatic heterocycles. The van der Waals surface area contributed by atoms with Gasteiger partial charge in [0, 0.05) is 12.1 Å². The van der Waals surface area contributed by atoms with E-state index in [0.717, 1.165) is 12.1 Å². The van der Waals surface area contributed by atoms with Gasteiger partial charge in [-0.05, 0) is 81.4 Å². The minimum Gasteiger partial charge on any atom is -0.507 e. The zero-order valence-corrected chi connectivity index (χ0v) is 22.8. The van der Waals surface area contributed by atoms with E-state index in [1.54, 1.807) is 37.4 Å². The number of hydrogen-bond acceptors (Lipinski definition) is 7. The summed E-state index contributed by atoms with van der Waals surface area (Å²) >= 11 is 0. The molecule has 0 spiro atoms. The van der Waals surface area contributed by atoms with E-state index in [0.29, 0.717) is 53.9 Å². The predicted molar refractivity (Wildman–Crippen MR) is 143 cm³/mol. The third kappa shape index (κ3) is 6.25. The third-order valence-electron chi connectivity index (χ3n) is 6.30. The molecule has 1 aliphatic rings. The van der Waals surface area contributed by atoms with E-state index in [4.69, 9.17) is 14.2 Å². The minimum absolute atomic E-state index is 0.0565. The van der Waals surface area contributed by atoms with E-state index in [1.807, 2.05) is 32.0 Å². The molecule has 3 rings (SSSR count). The Hall–Kier alpha value is -3.52. The smallest absolute Gasteiger partial charge is 0.295 e. The Labute approximate surface area is 219 Å². The van der Waals surface area contributed by atoms with Gasteiger partial charge in [0.2, 0.25) is 0 Å². The molecule has 1 aliphatic heterocycles. The van der Waals surface area contributed by atoms with Gasteiger partial charge in [-0.15, -0.1) is 0 Å². The van der Waals surface area contributed by atoms with Crippen molar-refractivity contribution in [2.45, 2.75) is 33.2 Å². The van der Waals surface area contributed by atoms with E-state index in [9.17, 15) is 14.7 Å². The number of carbonyl (C=O) groups excluding carboxylic acids is 2. The molecule has 1 saturated heterocycles. The number of nitrogens with zero attached hydrogens (tertiary/aromatic N) is 2. The van der Waals surface area contributed by atoms with Gasteiger partial charge >= 0.3 is 0 Å². The highest BCUT2D eigenvalue weighted by atomic mass is 16.5. The minimum atomic E-state index is -0.766. The molecule has 0 radical (unpaired) electrons. The van der Waals surface area contributed by atoms with E-state index in [1.165, 1.54) is 12.0 Å². The maximum absolute atomic E-state index is 13.3. The SMILES string of the molecule is COc1ccc([C@H]2/C(=C(\O)c3ccc(OCC(C)C)cc3C)C(=O)C(=O)N2CCCN(C)C)cc1OC. The largest absolute Gasteiger partial charge is 0.507 e. The highest BCUT2D eigenvalue weighted by Crippen LogP contribution is 2.42. The van der Waals surface area contributed by atoms with Crippen LogP contribution < -0.4 is 14.2 Å². The highest BCUT2D eigenvalue weighted by molar-refractivity contribution is 6.46. The summed E-state index contributed by atoms with van der Waals surface area (Å²) in [6.07, 6.45) is 0.671. The first-order valence-electron chi connectivity index (χ1n) is 12.5. The molecule has 0 saturated carbocycles. The average molecular weight is 511 g/mol. The number of aliphatic hydroxyl groups is 1. The van der Waals surface area contributed by atoms with Crippen molar-refractivity contribution in [3.8, 4) is 17.2 Å². The molecule has 1 amide bonds. The topological polar surface area (TPSA) is 88.5 Å². The molecule has 1 heterocycles. The van der Waals surface area contributed by atoms with Crippen LogP contribution in [0.15, 0.2) is 42.0 Å². The molecule has 37 heavy (non-hydrogen) atoms. The summed E-state index contributed by atoms with van der Waals surface area (Å²) < 4.78 is 16.7. The summed E-state index contributed by atoms with van der Waals surface area (Å²) in [5.74, 6) is 0.518. The number of rotatable bonds is 11. The zero-order chi connectivity index (χ0) is 27.3. The van der Waals surface area contributed by atoms with Gasteiger partial charge in [-0.25, -0.2) is 0 Å². The molecular formula is C29H38N2O6. The Morgan fingerprint density at radius 1 is 1.05 bits per heavy atom. The molecule has 1 N–H and O–H groups in total. The lowest BCUT2D eigenvalue weighted by molar-refractivity contribution is -0.139. The second kappa shape index (κ2) is 12.1. The Balaban J connectivity index is 2.11. The molecule has 1 atom stereocenters. The fourth-order valence-electron chi connectivity index (χ4n) is 4.44. The van der Waals surface area contributed by atoms with Gasteiger partial charge in [-0.2, -0.15) is 0 Å². The van der Waals surface area contributed by atoms with Crippen LogP contribution in [0.25, 0.3) is 5.76 Å². The Morgan fingerprint density at radius 2 is 1.76 bits per heavy atom. The van der Waals surface area contributed by atoms with Gasteiger partial charge in [0.05, 0.1) is 32.4 Å². The number of likely N-dealkylation sites (tertiary alicyclic amines) is 1. The molecule has 0 unspecified atom stereocenters. The quantitative estimate of drug-likeness (QED) is 0.272. The normalized spacial score (nSPS) is 17.1. The average Bonchev–Trinajstić information content (AvgIpc) is 3.11. The van der Waals surface area contributed by atoms with Crippen LogP contribution in [0.1, 0.15) is 43.0 Å². The van der Waals surface area contributed by atoms with Crippen LogP contribution in [0.3, 0.4) is 0 Å². The summed E-state index contributed by atoms with van der Waals surface area (Å²) in [5, 5.41) is 11.5. The van der Waals surface area contributed by atoms with Crippen LogP contribution in [-0.2, 0) is 9.59 Å². The standard InChI is InChI=1S/C29H38N2O6/c1-18(2)17-37-21-10-11-22(19(3)15-21)27(32)25-26(20-9-12-23(35-6)24(16-20)36-7)31(29(34)28(25)33)14-8-13-30(4)5/h9-12,15-16,18,26,32H,8,13-14,17H2,1-7H3/b27-25+/t26-/m0/s1. The van der Waals surface area contributed by atoms with E-state index < -0.39 is 17.7 Å². The summed E-state index contributed by atoms with van der Waals surface area (Å²) in [6.45, 7) is 7.66. The predicted octanol–water partition coefficient (Wildman–Crippen LogP) is 4.42. The molecule has 8 heteroatoms. The Bertz CT molecular complexity index is 1170. The van der Waals surface area contributed by atoms with Crippen molar-refractivity contribution in [3.63, 3.8) is 0 Å². The maximum Gasteiger partial charge on any atom is 0.295 e. The summed E-state index contributed by atoms with van der Waals surface area (Å²) in [4.78, 5) is 30.1. The van der Waals surface area contributed by atoms with Gasteiger partial charge in [0.1, 0.15) is 11.5 Å². The van der Waals surface area contributed by atoms with Crippen molar-refractivity contribution in [1.29, 1.82) is 0 Å². The number of hydrogen-bond donors (Lipinski definition) is 1. The number of carbonyl (C=O) groups is 2. The van der Waals surface area contributed by atoms with Crippen LogP contribution in [0, 0.1) is 12.8 Å². The van der Waals surface area contributed by atoms with Gasteiger partial charge < -0.3 is 29.1 Å². The first-order chi connectivity index (χ1) is 17.6. The monoisotopic (exact) mass is 510 g/mol. The lowest BCUT2D eigenvalue weighted by Gasteiger charge is -2.26. The first kappa shape index (κ1) is 28.1. The first-order valence-corrected chi connectivity index (χ1v) is 12.5. The molecule has 8 nitrogen and oxygen atoms in total. The van der Waals surface area contributed by atoms with Crippen LogP contribution in [0.5, 0.6) is 17.2 Å². The van der Waals surface area contributed by atoms with Crippen LogP contribution >= 0.6 is 0 Å². The number of benzene rings is 2. The fourth-order valence-corrected chi connectivity index (χ4v) is 4.44. The van der Waals surface area contributed by atoms with Gasteiger partial charge in [-0.1, -0.05) is 19.9 Å². The van der Waals surface area contributed by atoms with E-state index in [-0.39, 0.29) is 11.3 Å². The van der Waals surface area contributed by atoms with E-state index in [2.05, 4.69) is 13.8 Å². The number of ketones is 1. The summed E-state index contributed by atoms with van der Waals surface area (Å²) in [7, 11) is 6.98. The molecular weight excluding hydrogens is 472 g/mol. The third-order valence-corrected chi connectivity index (χ3v) is 6.30. The second-order valence-electron chi connectivity index (χ2n) is 9.95. The van der Waals surface area contributed by atoms with Crippen molar-refractivity contribution in [2.24, 2.45) is 5.92 Å². The molecule has 0 bridgehead atoms. The van der Waals surface area contributed by atoms with Crippen LogP contribution in [0.4, 0.5) is 0 Å². The molecule has 2 aromatic carbocycles. The van der Waals surface area contributed by atoms with Gasteiger partial charge in [-0.3, -0.25) is 9.59 Å². The number of aryl methyl sites for hydroxylation is 1. The number of Topliss-reactive ketones (excluding diaryl/α,β-unsaturated/α-hetero) is 1. The summed E-state index contributed by atoms with van der Waals surface area (Å²) in [6, 6.07) is 9.83. The number of amides is 1. The number of methoxy groups -OCH3 is 2. The van der Waals surface area contributed by atoms with Gasteiger partial charge in [0.15, 0.2) is 11.5 Å². The van der Waals surface area contributed by atoms with Crippen LogP contribution in [-0.4, -0.2) is 74.6 Å². The van der Waals surface area contributed by atoms with Crippen molar-refractivity contribution in [1.82, 2.24) is 9.80 Å². The van der Waals surface area contributed by atoms with E-state index >= 15 is 0 Å². The maximum atomic E-state index is 13.3. The van der Waals surface area contributed by atoms with Crippen LogP contribution in [0.2, 0.25) is 0 Å². The number of aliphatic hydroxyl groups excluding tert-OH is 1. The fraction of sp³-hybridized carbons (Fsp3) is 0.448. The molecule has 0 aliphatic carbocycles. The lowest BCUT2D eigenvalue weighted by Crippen LogP contribution is -2.32. The van der Waals surface area contributed by atoms with Crippen molar-refractivity contribution >= 4 is 17.4 Å².